The van der Waals surface area contributed by atoms with E-state index in [1.807, 2.05) is 20.8 Å². The number of carbonyl (C=O) groups excluding carboxylic acids is 1. The van der Waals surface area contributed by atoms with Crippen molar-refractivity contribution in [3.63, 3.8) is 0 Å². The number of rotatable bonds is 6. The number of benzene rings is 1. The summed E-state index contributed by atoms with van der Waals surface area (Å²) in [6.45, 7) is 16.2. The average Bonchev–Trinajstić information content (AvgIpc) is 3.54. The van der Waals surface area contributed by atoms with Gasteiger partial charge >= 0.3 is 11.8 Å². The fraction of sp³-hybridized carbons (Fsp3) is 0.516. The molecule has 244 valence electrons. The highest BCUT2D eigenvalue weighted by molar-refractivity contribution is 9.10. The van der Waals surface area contributed by atoms with Crippen molar-refractivity contribution in [2.45, 2.75) is 101 Å². The summed E-state index contributed by atoms with van der Waals surface area (Å²) in [5, 5.41) is 3.47. The number of carbonyl (C=O) groups is 1. The summed E-state index contributed by atoms with van der Waals surface area (Å²) >= 11 is 3.46. The van der Waals surface area contributed by atoms with E-state index in [1.165, 1.54) is 22.9 Å². The minimum Gasteiger partial charge on any atom is -0.444 e. The number of ether oxygens (including phenoxy) is 1. The van der Waals surface area contributed by atoms with Gasteiger partial charge in [-0.05, 0) is 85.9 Å². The lowest BCUT2D eigenvalue weighted by molar-refractivity contribution is 0.0457. The largest absolute Gasteiger partial charge is 0.444 e. The van der Waals surface area contributed by atoms with E-state index in [2.05, 4.69) is 60.1 Å². The fourth-order valence-electron chi connectivity index (χ4n) is 5.68. The van der Waals surface area contributed by atoms with E-state index in [-0.39, 0.29) is 33.4 Å². The second-order valence-corrected chi connectivity index (χ2v) is 21.6. The van der Waals surface area contributed by atoms with Crippen LogP contribution in [0.1, 0.15) is 60.4 Å². The van der Waals surface area contributed by atoms with Crippen LogP contribution in [-0.4, -0.2) is 58.7 Å². The SMILES string of the molecule is Cn1c(=O)n([C@H]2C[C@H](NC(=O)OC(C)(C)C)[C@H](O[Si](C)(C)C(C)(C)C)C2)c2c3cc(Br)n(S(=O)(=O)c4ccccc4)c3ncc21. The van der Waals surface area contributed by atoms with Crippen molar-refractivity contribution in [2.24, 2.45) is 7.05 Å². The van der Waals surface area contributed by atoms with Crippen LogP contribution in [0.5, 0.6) is 0 Å². The van der Waals surface area contributed by atoms with E-state index in [0.29, 0.717) is 33.9 Å². The van der Waals surface area contributed by atoms with Crippen molar-refractivity contribution in [3.8, 4) is 0 Å². The summed E-state index contributed by atoms with van der Waals surface area (Å²) in [5.41, 5.74) is 0.406. The Balaban J connectivity index is 1.64. The van der Waals surface area contributed by atoms with Gasteiger partial charge in [0.2, 0.25) is 0 Å². The molecule has 5 rings (SSSR count). The number of aromatic nitrogens is 4. The van der Waals surface area contributed by atoms with Crippen molar-refractivity contribution in [1.82, 2.24) is 23.4 Å². The Bertz CT molecular complexity index is 1940. The van der Waals surface area contributed by atoms with Crippen LogP contribution >= 0.6 is 15.9 Å². The first-order valence-corrected chi connectivity index (χ1v) is 20.1. The number of halogens is 1. The van der Waals surface area contributed by atoms with Gasteiger partial charge < -0.3 is 14.5 Å². The smallest absolute Gasteiger partial charge is 0.407 e. The van der Waals surface area contributed by atoms with E-state index >= 15 is 0 Å². The zero-order valence-corrected chi connectivity index (χ0v) is 30.6. The van der Waals surface area contributed by atoms with Crippen LogP contribution in [0.4, 0.5) is 4.79 Å². The van der Waals surface area contributed by atoms with Crippen molar-refractivity contribution in [1.29, 1.82) is 0 Å². The molecule has 0 saturated heterocycles. The molecule has 4 aromatic rings. The van der Waals surface area contributed by atoms with Crippen molar-refractivity contribution in [2.75, 3.05) is 0 Å². The molecule has 0 spiro atoms. The van der Waals surface area contributed by atoms with Gasteiger partial charge in [0.05, 0.1) is 34.3 Å². The number of fused-ring (bicyclic) bond motifs is 3. The summed E-state index contributed by atoms with van der Waals surface area (Å²) in [6, 6.07) is 9.07. The molecular weight excluding hydrogens is 678 g/mol. The molecule has 1 saturated carbocycles. The molecule has 1 amide bonds. The van der Waals surface area contributed by atoms with Gasteiger partial charge in [-0.2, -0.15) is 0 Å². The topological polar surface area (TPSA) is 126 Å². The lowest BCUT2D eigenvalue weighted by Crippen LogP contribution is -2.50. The van der Waals surface area contributed by atoms with E-state index < -0.39 is 36.1 Å². The molecular formula is C31H42BrN5O6SSi. The third kappa shape index (κ3) is 6.13. The van der Waals surface area contributed by atoms with Crippen LogP contribution in [0, 0.1) is 0 Å². The van der Waals surface area contributed by atoms with Crippen molar-refractivity contribution >= 4 is 62.4 Å². The van der Waals surface area contributed by atoms with Gasteiger partial charge in [0, 0.05) is 18.5 Å². The third-order valence-corrected chi connectivity index (χ3v) is 15.9. The van der Waals surface area contributed by atoms with Crippen molar-refractivity contribution in [3.05, 3.63) is 57.7 Å². The molecule has 0 bridgehead atoms. The second-order valence-electron chi connectivity index (χ2n) is 14.3. The van der Waals surface area contributed by atoms with E-state index in [1.54, 1.807) is 35.9 Å². The number of imidazole rings is 1. The minimum absolute atomic E-state index is 0.0743. The molecule has 3 atom stereocenters. The summed E-state index contributed by atoms with van der Waals surface area (Å²) in [7, 11) is -4.60. The van der Waals surface area contributed by atoms with Gasteiger partial charge in [0.1, 0.15) is 10.2 Å². The Kier molecular flexibility index (Phi) is 8.46. The van der Waals surface area contributed by atoms with Gasteiger partial charge in [-0.3, -0.25) is 9.13 Å². The first kappa shape index (κ1) is 33.4. The predicted octanol–water partition coefficient (Wildman–Crippen LogP) is 6.31. The van der Waals surface area contributed by atoms with Crippen LogP contribution in [0.2, 0.25) is 18.1 Å². The molecule has 0 radical (unpaired) electrons. The zero-order valence-electron chi connectivity index (χ0n) is 27.2. The Hall–Kier alpha value is -2.94. The highest BCUT2D eigenvalue weighted by Gasteiger charge is 2.46. The van der Waals surface area contributed by atoms with Gasteiger partial charge in [0.15, 0.2) is 14.0 Å². The van der Waals surface area contributed by atoms with E-state index in [4.69, 9.17) is 9.16 Å². The quantitative estimate of drug-likeness (QED) is 0.232. The molecule has 3 heterocycles. The maximum absolute atomic E-state index is 13.9. The summed E-state index contributed by atoms with van der Waals surface area (Å²) < 4.78 is 44.6. The Morgan fingerprint density at radius 1 is 1.09 bits per heavy atom. The molecule has 1 N–H and O–H groups in total. The lowest BCUT2D eigenvalue weighted by atomic mass is 10.2. The summed E-state index contributed by atoms with van der Waals surface area (Å²) in [4.78, 5) is 31.5. The van der Waals surface area contributed by atoms with Crippen LogP contribution in [0.25, 0.3) is 22.1 Å². The minimum atomic E-state index is -4.00. The standard InChI is InChI=1S/C31H42BrN5O6SSi/c1-30(2,3)42-28(38)34-22-15-19(16-24(22)43-45(8,9)31(4,5)6)36-26-21-17-25(32)37(44(40,41)20-13-11-10-12-14-20)27(21)33-18-23(26)35(7)29(36)39/h10-14,17-19,22,24H,15-16H2,1-9H3,(H,34,38)/t19-,22-,24+/m0/s1. The molecule has 0 unspecified atom stereocenters. The number of nitrogens with zero attached hydrogens (tertiary/aromatic N) is 4. The third-order valence-electron chi connectivity index (χ3n) is 8.87. The van der Waals surface area contributed by atoms with Crippen LogP contribution in [0.3, 0.4) is 0 Å². The van der Waals surface area contributed by atoms with Crippen LogP contribution < -0.4 is 11.0 Å². The number of hydrogen-bond donors (Lipinski definition) is 1. The molecule has 1 aromatic carbocycles. The molecule has 1 aliphatic carbocycles. The monoisotopic (exact) mass is 719 g/mol. The zero-order chi connectivity index (χ0) is 33.3. The summed E-state index contributed by atoms with van der Waals surface area (Å²) in [5.74, 6) is 0. The first-order valence-electron chi connectivity index (χ1n) is 15.0. The van der Waals surface area contributed by atoms with E-state index in [9.17, 15) is 18.0 Å². The molecule has 1 fully saturated rings. The van der Waals surface area contributed by atoms with E-state index in [0.717, 1.165) is 3.97 Å². The maximum Gasteiger partial charge on any atom is 0.407 e. The van der Waals surface area contributed by atoms with Gasteiger partial charge in [-0.1, -0.05) is 39.0 Å². The van der Waals surface area contributed by atoms with Gasteiger partial charge in [0.25, 0.3) is 10.0 Å². The second kappa shape index (κ2) is 11.4. The number of pyridine rings is 1. The number of amides is 1. The van der Waals surface area contributed by atoms with Crippen LogP contribution in [0.15, 0.2) is 56.9 Å². The number of nitrogens with one attached hydrogen (secondary N) is 1. The molecule has 11 nitrogen and oxygen atoms in total. The molecule has 14 heteroatoms. The number of aryl methyl sites for hydroxylation is 1. The van der Waals surface area contributed by atoms with Gasteiger partial charge in [-0.25, -0.2) is 27.0 Å². The molecule has 0 aliphatic heterocycles. The molecule has 45 heavy (non-hydrogen) atoms. The highest BCUT2D eigenvalue weighted by Crippen LogP contribution is 2.43. The molecule has 3 aromatic heterocycles. The Morgan fingerprint density at radius 2 is 1.73 bits per heavy atom. The molecule has 1 aliphatic rings. The Morgan fingerprint density at radius 3 is 2.33 bits per heavy atom. The normalized spacial score (nSPS) is 19.8. The van der Waals surface area contributed by atoms with Crippen molar-refractivity contribution < 1.29 is 22.4 Å². The number of alkyl carbamates (subject to hydrolysis) is 1. The summed E-state index contributed by atoms with van der Waals surface area (Å²) in [6.07, 6.45) is 1.53. The first-order chi connectivity index (χ1) is 20.7. The Labute approximate surface area is 273 Å². The fourth-order valence-corrected chi connectivity index (χ4v) is 9.38. The predicted molar refractivity (Wildman–Crippen MR) is 181 cm³/mol. The van der Waals surface area contributed by atoms with Gasteiger partial charge in [-0.15, -0.1) is 0 Å². The lowest BCUT2D eigenvalue weighted by Gasteiger charge is -2.40. The number of hydrogen-bond acceptors (Lipinski definition) is 7. The maximum atomic E-state index is 13.9. The highest BCUT2D eigenvalue weighted by atomic mass is 79.9. The average molecular weight is 721 g/mol. The van der Waals surface area contributed by atoms with Crippen LogP contribution in [-0.2, 0) is 26.2 Å².